The predicted molar refractivity (Wildman–Crippen MR) is 148 cm³/mol. The largest absolute Gasteiger partial charge is 0.479 e. The molecule has 0 aliphatic heterocycles. The van der Waals surface area contributed by atoms with Crippen molar-refractivity contribution in [1.82, 2.24) is 14.2 Å². The first kappa shape index (κ1) is 26.3. The number of nitrogens with zero attached hydrogens (tertiary/aromatic N) is 4. The van der Waals surface area contributed by atoms with Gasteiger partial charge in [-0.2, -0.15) is 9.78 Å². The van der Waals surface area contributed by atoms with E-state index in [0.29, 0.717) is 22.5 Å². The topological polar surface area (TPSA) is 98.7 Å². The van der Waals surface area contributed by atoms with Gasteiger partial charge in [0, 0.05) is 33.0 Å². The van der Waals surface area contributed by atoms with Crippen molar-refractivity contribution >= 4 is 39.0 Å². The van der Waals surface area contributed by atoms with E-state index in [0.717, 1.165) is 33.5 Å². The van der Waals surface area contributed by atoms with Crippen molar-refractivity contribution in [2.45, 2.75) is 53.1 Å². The smallest absolute Gasteiger partial charge is 0.344 e. The zero-order valence-electron chi connectivity index (χ0n) is 21.4. The molecule has 192 valence electrons. The molecule has 4 rings (SSSR count). The molecular weight excluding hydrogens is 536 g/mol. The van der Waals surface area contributed by atoms with Crippen molar-refractivity contribution in [1.29, 1.82) is 0 Å². The first-order valence-corrected chi connectivity index (χ1v) is 12.8. The van der Waals surface area contributed by atoms with Crippen LogP contribution in [0.4, 0.5) is 0 Å². The highest BCUT2D eigenvalue weighted by Gasteiger charge is 2.17. The molecule has 0 aliphatic rings. The van der Waals surface area contributed by atoms with Crippen molar-refractivity contribution in [3.05, 3.63) is 86.1 Å². The molecule has 0 amide bonds. The number of carboxylic acid groups (broad SMARTS) is 1. The number of hydrogen-bond donors (Lipinski definition) is 1. The third-order valence-corrected chi connectivity index (χ3v) is 6.92. The summed E-state index contributed by atoms with van der Waals surface area (Å²) in [4.78, 5) is 29.2. The maximum Gasteiger partial charge on any atom is 0.344 e. The Morgan fingerprint density at radius 1 is 1.16 bits per heavy atom. The van der Waals surface area contributed by atoms with Crippen LogP contribution in [0.25, 0.3) is 16.6 Å². The summed E-state index contributed by atoms with van der Waals surface area (Å²) in [5.41, 5.74) is 4.15. The number of ether oxygens (including phenoxy) is 1. The predicted octanol–water partition coefficient (Wildman–Crippen LogP) is 5.81. The van der Waals surface area contributed by atoms with Crippen LogP contribution in [0.2, 0.25) is 0 Å². The molecule has 2 aromatic heterocycles. The molecule has 0 spiro atoms. The van der Waals surface area contributed by atoms with Crippen LogP contribution in [0.15, 0.2) is 62.9 Å². The molecule has 0 aliphatic carbocycles. The minimum atomic E-state index is -1.02. The van der Waals surface area contributed by atoms with E-state index in [1.165, 1.54) is 11.6 Å². The maximum absolute atomic E-state index is 13.4. The summed E-state index contributed by atoms with van der Waals surface area (Å²) in [5, 5.41) is 14.2. The average molecular weight is 565 g/mol. The molecular formula is C28H29BrN4O4. The molecule has 2 heterocycles. The highest BCUT2D eigenvalue weighted by molar-refractivity contribution is 9.10. The first-order chi connectivity index (χ1) is 17.6. The first-order valence-electron chi connectivity index (χ1n) is 12.1. The van der Waals surface area contributed by atoms with Gasteiger partial charge in [0.2, 0.25) is 0 Å². The molecule has 2 atom stereocenters. The van der Waals surface area contributed by atoms with Gasteiger partial charge in [-0.15, -0.1) is 0 Å². The number of aliphatic carboxylic acids is 1. The molecule has 0 unspecified atom stereocenters. The summed E-state index contributed by atoms with van der Waals surface area (Å²) in [6.45, 7) is 9.56. The van der Waals surface area contributed by atoms with Gasteiger partial charge in [0.15, 0.2) is 6.10 Å². The number of benzene rings is 2. The highest BCUT2D eigenvalue weighted by atomic mass is 79.9. The van der Waals surface area contributed by atoms with E-state index in [-0.39, 0.29) is 11.5 Å². The van der Waals surface area contributed by atoms with Crippen LogP contribution in [-0.4, -0.2) is 37.6 Å². The van der Waals surface area contributed by atoms with Gasteiger partial charge in [-0.05, 0) is 75.7 Å². The SMILES string of the molecule is CC[C@H](C)c1nc2ccc(Br)cc2c(=O)n1N=Cc1cc(C)n(-c2ccc(O[C@@H](C)C(=O)O)cc2)c1C. The summed E-state index contributed by atoms with van der Waals surface area (Å²) in [7, 11) is 0. The second-order valence-electron chi connectivity index (χ2n) is 9.06. The normalized spacial score (nSPS) is 13.2. The molecule has 4 aromatic rings. The summed E-state index contributed by atoms with van der Waals surface area (Å²) < 4.78 is 9.72. The van der Waals surface area contributed by atoms with Crippen LogP contribution in [0.3, 0.4) is 0 Å². The van der Waals surface area contributed by atoms with E-state index in [2.05, 4.69) is 32.5 Å². The second-order valence-corrected chi connectivity index (χ2v) is 9.97. The fourth-order valence-electron chi connectivity index (χ4n) is 4.14. The van der Waals surface area contributed by atoms with Gasteiger partial charge in [0.1, 0.15) is 11.6 Å². The van der Waals surface area contributed by atoms with Crippen LogP contribution < -0.4 is 10.3 Å². The molecule has 9 heteroatoms. The Balaban J connectivity index is 1.72. The monoisotopic (exact) mass is 564 g/mol. The van der Waals surface area contributed by atoms with Gasteiger partial charge < -0.3 is 14.4 Å². The Labute approximate surface area is 223 Å². The van der Waals surface area contributed by atoms with Crippen LogP contribution in [0.1, 0.15) is 55.9 Å². The minimum absolute atomic E-state index is 0.0508. The lowest BCUT2D eigenvalue weighted by atomic mass is 10.1. The van der Waals surface area contributed by atoms with Crippen molar-refractivity contribution in [2.75, 3.05) is 0 Å². The van der Waals surface area contributed by atoms with Crippen LogP contribution in [0.5, 0.6) is 5.75 Å². The van der Waals surface area contributed by atoms with E-state index in [1.807, 2.05) is 51.1 Å². The molecule has 0 saturated carbocycles. The average Bonchev–Trinajstić information content (AvgIpc) is 3.16. The van der Waals surface area contributed by atoms with Crippen LogP contribution in [-0.2, 0) is 4.79 Å². The number of carboxylic acids is 1. The third-order valence-electron chi connectivity index (χ3n) is 6.42. The molecule has 0 bridgehead atoms. The lowest BCUT2D eigenvalue weighted by molar-refractivity contribution is -0.144. The fourth-order valence-corrected chi connectivity index (χ4v) is 4.50. The van der Waals surface area contributed by atoms with Crippen LogP contribution in [0, 0.1) is 13.8 Å². The number of carbonyl (C=O) groups is 1. The van der Waals surface area contributed by atoms with Crippen molar-refractivity contribution in [2.24, 2.45) is 5.10 Å². The number of rotatable bonds is 8. The summed E-state index contributed by atoms with van der Waals surface area (Å²) in [6.07, 6.45) is 1.59. The van der Waals surface area contributed by atoms with E-state index in [1.54, 1.807) is 24.4 Å². The molecule has 0 saturated heterocycles. The number of hydrogen-bond acceptors (Lipinski definition) is 5. The van der Waals surface area contributed by atoms with Crippen molar-refractivity contribution in [3.63, 3.8) is 0 Å². The van der Waals surface area contributed by atoms with E-state index < -0.39 is 12.1 Å². The fraction of sp³-hybridized carbons (Fsp3) is 0.286. The van der Waals surface area contributed by atoms with Gasteiger partial charge in [0.25, 0.3) is 5.56 Å². The Morgan fingerprint density at radius 2 is 1.86 bits per heavy atom. The van der Waals surface area contributed by atoms with Gasteiger partial charge in [-0.1, -0.05) is 29.8 Å². The maximum atomic E-state index is 13.4. The number of aryl methyl sites for hydroxylation is 1. The summed E-state index contributed by atoms with van der Waals surface area (Å²) in [6, 6.07) is 14.7. The molecule has 1 N–H and O–H groups in total. The zero-order valence-corrected chi connectivity index (χ0v) is 23.0. The Kier molecular flexibility index (Phi) is 7.63. The Bertz CT molecular complexity index is 1550. The Morgan fingerprint density at radius 3 is 2.51 bits per heavy atom. The standard InChI is InChI=1S/C28H29BrN4O4/c1-6-16(2)26-31-25-12-7-21(29)14-24(25)27(34)33(26)30-15-20-13-17(3)32(18(20)4)22-8-10-23(11-9-22)37-19(5)28(35)36/h7-16,19H,6H2,1-5H3,(H,35,36)/t16-,19-/m0/s1. The molecule has 8 nitrogen and oxygen atoms in total. The molecule has 0 radical (unpaired) electrons. The van der Waals surface area contributed by atoms with Crippen molar-refractivity contribution < 1.29 is 14.6 Å². The summed E-state index contributed by atoms with van der Waals surface area (Å²) in [5.74, 6) is 0.138. The molecule has 37 heavy (non-hydrogen) atoms. The lowest BCUT2D eigenvalue weighted by Gasteiger charge is -2.14. The van der Waals surface area contributed by atoms with Gasteiger partial charge in [0.05, 0.1) is 17.1 Å². The molecule has 2 aromatic carbocycles. The van der Waals surface area contributed by atoms with E-state index in [4.69, 9.17) is 14.8 Å². The van der Waals surface area contributed by atoms with E-state index in [9.17, 15) is 9.59 Å². The molecule has 0 fully saturated rings. The second kappa shape index (κ2) is 10.7. The highest BCUT2D eigenvalue weighted by Crippen LogP contribution is 2.24. The zero-order chi connectivity index (χ0) is 26.9. The summed E-state index contributed by atoms with van der Waals surface area (Å²) >= 11 is 3.44. The number of fused-ring (bicyclic) bond motifs is 1. The quantitative estimate of drug-likeness (QED) is 0.272. The lowest BCUT2D eigenvalue weighted by Crippen LogP contribution is -2.23. The Hall–Kier alpha value is -3.72. The number of aromatic nitrogens is 3. The van der Waals surface area contributed by atoms with Gasteiger partial charge >= 0.3 is 5.97 Å². The number of halogens is 1. The third kappa shape index (κ3) is 5.36. The minimum Gasteiger partial charge on any atom is -0.479 e. The van der Waals surface area contributed by atoms with Crippen LogP contribution >= 0.6 is 15.9 Å². The van der Waals surface area contributed by atoms with Crippen molar-refractivity contribution in [3.8, 4) is 11.4 Å². The van der Waals surface area contributed by atoms with Gasteiger partial charge in [-0.3, -0.25) is 4.79 Å². The van der Waals surface area contributed by atoms with E-state index >= 15 is 0 Å². The van der Waals surface area contributed by atoms with Gasteiger partial charge in [-0.25, -0.2) is 9.78 Å².